The molecule has 0 bridgehead atoms. The number of nitrogen functional groups attached to an aromatic ring is 1. The Bertz CT molecular complexity index is 3640. The molecule has 32 nitrogen and oxygen atoms in total. The maximum Gasteiger partial charge on any atom is 0.389 e. The zero-order chi connectivity index (χ0) is 65.0. The van der Waals surface area contributed by atoms with Gasteiger partial charge >= 0.3 is 19.5 Å². The number of H-pyrrole nitrogens is 1. The quantitative estimate of drug-likeness (QED) is 0.0207. The summed E-state index contributed by atoms with van der Waals surface area (Å²) in [6, 6.07) is 3.47. The first-order valence-corrected chi connectivity index (χ1v) is 35.1. The van der Waals surface area contributed by atoms with E-state index in [0.717, 1.165) is 17.7 Å². The predicted molar refractivity (Wildman–Crippen MR) is 329 cm³/mol. The van der Waals surface area contributed by atoms with Crippen LogP contribution in [0.1, 0.15) is 102 Å². The summed E-state index contributed by atoms with van der Waals surface area (Å²) in [7, 11) is 0. The lowest BCUT2D eigenvalue weighted by Crippen LogP contribution is -2.54. The number of carbonyl (C=O) groups excluding carboxylic acids is 7. The van der Waals surface area contributed by atoms with E-state index in [1.165, 1.54) is 45.2 Å². The van der Waals surface area contributed by atoms with Gasteiger partial charge in [0, 0.05) is 62.5 Å². The van der Waals surface area contributed by atoms with Gasteiger partial charge in [-0.3, -0.25) is 61.2 Å². The van der Waals surface area contributed by atoms with E-state index in [0.29, 0.717) is 69.3 Å². The van der Waals surface area contributed by atoms with E-state index in [1.54, 1.807) is 38.1 Å². The van der Waals surface area contributed by atoms with Crippen LogP contribution in [-0.4, -0.2) is 166 Å². The Morgan fingerprint density at radius 2 is 1.49 bits per heavy atom. The number of nitrogens with one attached hydrogen (secondary N) is 6. The topological polar surface area (TPSA) is 435 Å². The van der Waals surface area contributed by atoms with Crippen LogP contribution in [0.2, 0.25) is 0 Å². The van der Waals surface area contributed by atoms with E-state index in [-0.39, 0.29) is 89.8 Å². The fourth-order valence-electron chi connectivity index (χ4n) is 10.4. The molecular weight excluding hydrogens is 1270 g/mol. The normalized spacial score (nSPS) is 24.9. The lowest BCUT2D eigenvalue weighted by Gasteiger charge is -2.30. The Hall–Kier alpha value is -7.17. The van der Waals surface area contributed by atoms with Gasteiger partial charge in [-0.25, -0.2) is 38.7 Å². The Balaban J connectivity index is 0.813. The van der Waals surface area contributed by atoms with Crippen molar-refractivity contribution in [1.82, 2.24) is 65.2 Å². The number of anilines is 2. The molecule has 492 valence electrons. The molecule has 2 unspecified atom stereocenters. The van der Waals surface area contributed by atoms with Crippen LogP contribution < -0.4 is 43.6 Å². The summed E-state index contributed by atoms with van der Waals surface area (Å²) in [6.07, 6.45) is 1.83. The molecule has 8 amide bonds. The number of halogens is 1. The summed E-state index contributed by atoms with van der Waals surface area (Å²) >= 11 is 6.15. The number of unbranched alkanes of at least 4 members (excludes halogenated alkanes) is 4. The van der Waals surface area contributed by atoms with Crippen molar-refractivity contribution in [2.75, 3.05) is 43.9 Å². The Labute approximate surface area is 528 Å². The highest BCUT2D eigenvalue weighted by atomic mass is 32.7. The zero-order valence-corrected chi connectivity index (χ0v) is 52.9. The number of urea groups is 1. The molecular formula is C54H71FN16O16P2S2. The van der Waals surface area contributed by atoms with Gasteiger partial charge in [-0.15, -0.1) is 0 Å². The molecule has 0 radical (unpaired) electrons. The molecule has 4 aromatic heterocycles. The molecule has 11 atom stereocenters. The van der Waals surface area contributed by atoms with Crippen LogP contribution in [0.15, 0.2) is 66.5 Å². The molecule has 3 saturated heterocycles. The minimum atomic E-state index is -4.42. The average Bonchev–Trinajstić information content (AvgIpc) is 1.64. The van der Waals surface area contributed by atoms with Crippen molar-refractivity contribution in [2.24, 2.45) is 11.7 Å². The highest BCUT2D eigenvalue weighted by molar-refractivity contribution is 8.54. The van der Waals surface area contributed by atoms with Crippen molar-refractivity contribution < 1.29 is 75.0 Å². The highest BCUT2D eigenvalue weighted by Gasteiger charge is 2.52. The van der Waals surface area contributed by atoms with E-state index in [2.05, 4.69) is 56.5 Å². The maximum atomic E-state index is 16.8. The molecule has 37 heteroatoms. The van der Waals surface area contributed by atoms with Gasteiger partial charge in [0.05, 0.1) is 32.2 Å². The van der Waals surface area contributed by atoms with Gasteiger partial charge in [-0.1, -0.05) is 38.8 Å². The second-order valence-electron chi connectivity index (χ2n) is 22.1. The number of hydrogen-bond donors (Lipinski definition) is 9. The molecule has 1 aromatic carbocycles. The van der Waals surface area contributed by atoms with Crippen LogP contribution in [0.4, 0.5) is 20.7 Å². The summed E-state index contributed by atoms with van der Waals surface area (Å²) in [4.78, 5) is 137. The third-order valence-electron chi connectivity index (χ3n) is 15.2. The molecule has 4 aliphatic rings. The summed E-state index contributed by atoms with van der Waals surface area (Å²) in [5.41, 5.74) is 12.1. The Morgan fingerprint density at radius 1 is 0.802 bits per heavy atom. The van der Waals surface area contributed by atoms with E-state index in [1.807, 2.05) is 0 Å². The van der Waals surface area contributed by atoms with Gasteiger partial charge in [0.15, 0.2) is 35.0 Å². The first-order chi connectivity index (χ1) is 43.5. The number of rotatable bonds is 27. The first-order valence-electron chi connectivity index (χ1n) is 29.4. The number of imidazole rings is 2. The molecule has 8 heterocycles. The van der Waals surface area contributed by atoms with Crippen LogP contribution in [0.3, 0.4) is 0 Å². The number of primary amides is 1. The average molecular weight is 1350 g/mol. The van der Waals surface area contributed by atoms with Gasteiger partial charge in [0.2, 0.25) is 23.6 Å². The van der Waals surface area contributed by atoms with Crippen molar-refractivity contribution in [2.45, 2.75) is 145 Å². The molecule has 11 N–H and O–H groups in total. The van der Waals surface area contributed by atoms with Gasteiger partial charge in [0.1, 0.15) is 54.6 Å². The smallest absolute Gasteiger partial charge is 0.382 e. The number of hydrogen-bond acceptors (Lipinski definition) is 23. The number of ether oxygens (including phenoxy) is 2. The molecule has 91 heavy (non-hydrogen) atoms. The van der Waals surface area contributed by atoms with Crippen LogP contribution in [0.5, 0.6) is 0 Å². The minimum absolute atomic E-state index is 0.0182. The highest BCUT2D eigenvalue weighted by Crippen LogP contribution is 2.65. The van der Waals surface area contributed by atoms with E-state index >= 15 is 8.96 Å². The maximum absolute atomic E-state index is 16.8. The van der Waals surface area contributed by atoms with Gasteiger partial charge in [0.25, 0.3) is 17.4 Å². The molecule has 0 saturated carbocycles. The number of aromatic amines is 1. The Kier molecular flexibility index (Phi) is 23.2. The molecule has 4 aliphatic heterocycles. The molecule has 5 aromatic rings. The molecule has 3 fully saturated rings. The third-order valence-corrected chi connectivity index (χ3v) is 20.4. The van der Waals surface area contributed by atoms with Crippen molar-refractivity contribution >= 4 is 112 Å². The van der Waals surface area contributed by atoms with Gasteiger partial charge in [-0.05, 0) is 85.3 Å². The largest absolute Gasteiger partial charge is 0.389 e. The number of alkyl halides is 1. The van der Waals surface area contributed by atoms with Crippen molar-refractivity contribution in [1.29, 1.82) is 0 Å². The molecule has 0 spiro atoms. The number of nitrogens with two attached hydrogens (primary N) is 2. The lowest BCUT2D eigenvalue weighted by atomic mass is 10.0. The van der Waals surface area contributed by atoms with Crippen molar-refractivity contribution in [3.63, 3.8) is 0 Å². The second kappa shape index (κ2) is 31.0. The lowest BCUT2D eigenvalue weighted by molar-refractivity contribution is -0.137. The number of fused-ring (bicyclic) bond motifs is 4. The fraction of sp³-hybridized carbons (Fsp3) is 0.537. The number of carbonyl (C=O) groups is 7. The minimum Gasteiger partial charge on any atom is -0.382 e. The standard InChI is InChI=1S/C54H71FN16O16P2S2/c1-30(2)43(68-38(73)12-5-3-7-19-58-37(72)11-6-4-8-21-69-39(74)17-18-40(69)75)52(78)67-33(10-9-20-59-54(57)79)50(76)66-32-15-13-31(14-16-32)25-91-89(81)83-24-36-46(42(55)53(85-36)71-29-64-44-47(56)60-26-61-48(44)71)87-88(80,90)82-23-35-34(86-89)22-41(84-35)70-28-65-45-49(70)62-27-63-51(45)77/h13-18,26-30,33-36,41-43,46,53H,3-12,19-25H2,1-2H3,(H,58,72)(H,66,76)(H,67,78)(H,68,73)(H,80,90)(H2,56,60,61)(H3,57,59,79)(H,62,63,77)/t33-,34-,35+,36+,41+,42+,43-,46+,53+,88?,89?/m0/s1. The van der Waals surface area contributed by atoms with Crippen molar-refractivity contribution in [3.05, 3.63) is 77.6 Å². The SMILES string of the molecule is CC(C)[C@H](NC(=O)CCCCCNC(=O)CCCCCN1C(=O)C=CC1=O)C(=O)N[C@@H](CCCNC(N)=O)C(=O)Nc1ccc(CSP2(=O)OC[C@H]3O[C@@H](n4cnc5c(N)ncnc54)[C@H](F)[C@@H]3OP(O)(=S)OC[C@H]3O[C@@H](n4cnc5c(=O)[nH]cnc54)C[C@@H]3O2)cc1. The Morgan fingerprint density at radius 3 is 2.24 bits per heavy atom. The number of benzene rings is 1. The summed E-state index contributed by atoms with van der Waals surface area (Å²) in [6.45, 7) is -5.59. The van der Waals surface area contributed by atoms with E-state index in [9.17, 15) is 43.2 Å². The van der Waals surface area contributed by atoms with E-state index in [4.69, 9.17) is 50.8 Å². The second-order valence-corrected chi connectivity index (χ2v) is 28.9. The number of nitrogens with zero attached hydrogens (tertiary/aromatic N) is 8. The number of aromatic nitrogens is 8. The summed E-state index contributed by atoms with van der Waals surface area (Å²) < 4.78 is 71.5. The third kappa shape index (κ3) is 17.9. The van der Waals surface area contributed by atoms with Crippen LogP contribution in [-0.2, 0) is 78.5 Å². The summed E-state index contributed by atoms with van der Waals surface area (Å²) in [5.74, 6) is -2.81. The number of amides is 8. The number of imide groups is 1. The van der Waals surface area contributed by atoms with Crippen molar-refractivity contribution in [3.8, 4) is 0 Å². The van der Waals surface area contributed by atoms with Crippen LogP contribution >= 0.6 is 24.9 Å². The van der Waals surface area contributed by atoms with Gasteiger partial charge in [-0.2, -0.15) is 0 Å². The van der Waals surface area contributed by atoms with Gasteiger partial charge < -0.3 is 61.9 Å². The zero-order valence-electron chi connectivity index (χ0n) is 49.5. The fourth-order valence-corrected chi connectivity index (χ4v) is 15.3. The van der Waals surface area contributed by atoms with Crippen LogP contribution in [0, 0.1) is 5.92 Å². The summed E-state index contributed by atoms with van der Waals surface area (Å²) in [5, 5.41) is 13.7. The first kappa shape index (κ1) is 68.2. The van der Waals surface area contributed by atoms with E-state index < -0.39 is 111 Å². The molecule has 9 rings (SSSR count). The monoisotopic (exact) mass is 1340 g/mol. The predicted octanol–water partition coefficient (Wildman–Crippen LogP) is 3.31. The van der Waals surface area contributed by atoms with Crippen LogP contribution in [0.25, 0.3) is 22.3 Å². The molecule has 0 aliphatic carbocycles.